The van der Waals surface area contributed by atoms with Gasteiger partial charge in [0, 0.05) is 23.9 Å². The Labute approximate surface area is 173 Å². The van der Waals surface area contributed by atoms with Crippen LogP contribution in [0, 0.1) is 0 Å². The number of benzene rings is 3. The van der Waals surface area contributed by atoms with Crippen LogP contribution in [0.15, 0.2) is 78.9 Å². The molecule has 3 rings (SSSR count). The zero-order valence-corrected chi connectivity index (χ0v) is 15.8. The molecule has 0 aliphatic heterocycles. The molecule has 0 aliphatic rings. The highest BCUT2D eigenvalue weighted by Crippen LogP contribution is 2.51. The quantitative estimate of drug-likeness (QED) is 0.385. The number of hydrogen-bond donors (Lipinski definition) is 1. The van der Waals surface area contributed by atoms with E-state index >= 15 is 0 Å². The van der Waals surface area contributed by atoms with Gasteiger partial charge < -0.3 is 10.1 Å². The lowest BCUT2D eigenvalue weighted by atomic mass is 9.99. The smallest absolute Gasteiger partial charge is 0.457 e. The van der Waals surface area contributed by atoms with E-state index in [4.69, 9.17) is 4.74 Å². The van der Waals surface area contributed by atoms with Crippen molar-refractivity contribution in [1.29, 1.82) is 0 Å². The van der Waals surface area contributed by atoms with E-state index in [1.807, 2.05) is 6.07 Å². The molecule has 0 fully saturated rings. The average Bonchev–Trinajstić information content (AvgIpc) is 2.72. The van der Waals surface area contributed by atoms with Gasteiger partial charge in [-0.25, -0.2) is 0 Å². The van der Waals surface area contributed by atoms with Crippen LogP contribution in [0.25, 0.3) is 0 Å². The highest BCUT2D eigenvalue weighted by Gasteiger charge is 2.73. The van der Waals surface area contributed by atoms with E-state index in [2.05, 4.69) is 5.32 Å². The Morgan fingerprint density at radius 1 is 0.677 bits per heavy atom. The van der Waals surface area contributed by atoms with Crippen molar-refractivity contribution in [3.63, 3.8) is 0 Å². The van der Waals surface area contributed by atoms with Crippen molar-refractivity contribution in [3.05, 3.63) is 90.0 Å². The van der Waals surface area contributed by atoms with E-state index in [1.165, 1.54) is 6.07 Å². The van der Waals surface area contributed by atoms with Crippen LogP contribution in [0.5, 0.6) is 11.5 Å². The minimum absolute atomic E-state index is 0.0870. The fraction of sp³-hybridized carbons (Fsp3) is 0.182. The van der Waals surface area contributed by atoms with Crippen LogP contribution in [0.2, 0.25) is 0 Å². The first-order valence-corrected chi connectivity index (χ1v) is 8.99. The molecule has 0 bridgehead atoms. The molecule has 164 valence electrons. The number of anilines is 1. The third-order valence-corrected chi connectivity index (χ3v) is 4.35. The number of alkyl halides is 7. The third-order valence-electron chi connectivity index (χ3n) is 4.35. The molecule has 2 nitrogen and oxygen atoms in total. The Morgan fingerprint density at radius 2 is 1.32 bits per heavy atom. The Bertz CT molecular complexity index is 1020. The molecule has 3 aromatic carbocycles. The summed E-state index contributed by atoms with van der Waals surface area (Å²) in [6.07, 6.45) is -6.38. The zero-order chi connectivity index (χ0) is 22.7. The minimum atomic E-state index is -6.38. The predicted octanol–water partition coefficient (Wildman–Crippen LogP) is 7.38. The third kappa shape index (κ3) is 4.92. The van der Waals surface area contributed by atoms with Gasteiger partial charge in [0.1, 0.15) is 11.5 Å². The molecule has 31 heavy (non-hydrogen) atoms. The summed E-state index contributed by atoms with van der Waals surface area (Å²) in [5, 5.41) is 2.90. The second kappa shape index (κ2) is 8.49. The van der Waals surface area contributed by atoms with Crippen molar-refractivity contribution in [3.8, 4) is 11.5 Å². The first kappa shape index (κ1) is 22.5. The summed E-state index contributed by atoms with van der Waals surface area (Å²) in [5.41, 5.74) is -0.786. The molecule has 0 heterocycles. The van der Waals surface area contributed by atoms with Gasteiger partial charge in [-0.2, -0.15) is 30.7 Å². The molecule has 0 radical (unpaired) electrons. The van der Waals surface area contributed by atoms with Crippen LogP contribution in [0.3, 0.4) is 0 Å². The summed E-state index contributed by atoms with van der Waals surface area (Å²) in [7, 11) is 0. The van der Waals surface area contributed by atoms with E-state index < -0.39 is 23.6 Å². The SMILES string of the molecule is FC(F)(F)C(F)(F)C(F)(F)c1cccc(CNc2cccc(Oc3ccccc3)c2)c1. The van der Waals surface area contributed by atoms with E-state index in [0.717, 1.165) is 6.07 Å². The first-order valence-electron chi connectivity index (χ1n) is 8.99. The Balaban J connectivity index is 1.73. The maximum absolute atomic E-state index is 13.9. The number of nitrogens with one attached hydrogen (secondary N) is 1. The molecule has 0 unspecified atom stereocenters. The highest BCUT2D eigenvalue weighted by atomic mass is 19.4. The normalized spacial score (nSPS) is 12.5. The number of para-hydroxylation sites is 1. The number of ether oxygens (including phenoxy) is 1. The lowest BCUT2D eigenvalue weighted by Crippen LogP contribution is -2.50. The number of hydrogen-bond acceptors (Lipinski definition) is 2. The van der Waals surface area contributed by atoms with Crippen LogP contribution >= 0.6 is 0 Å². The van der Waals surface area contributed by atoms with Crippen molar-refractivity contribution in [1.82, 2.24) is 0 Å². The summed E-state index contributed by atoms with van der Waals surface area (Å²) in [6.45, 7) is -0.0870. The van der Waals surface area contributed by atoms with Crippen molar-refractivity contribution in [2.24, 2.45) is 0 Å². The monoisotopic (exact) mass is 443 g/mol. The maximum Gasteiger partial charge on any atom is 0.460 e. The fourth-order valence-corrected chi connectivity index (χ4v) is 2.73. The van der Waals surface area contributed by atoms with Crippen LogP contribution in [0.1, 0.15) is 11.1 Å². The standard InChI is InChI=1S/C22H16F7NO/c23-20(24,21(25,26)22(27,28)29)16-7-4-6-15(12-16)14-30-17-8-5-11-19(13-17)31-18-9-2-1-3-10-18/h1-13,30H,14H2. The second-order valence-electron chi connectivity index (χ2n) is 6.64. The number of halogens is 7. The Kier molecular flexibility index (Phi) is 6.15. The summed E-state index contributed by atoms with van der Waals surface area (Å²) < 4.78 is 97.4. The maximum atomic E-state index is 13.9. The Morgan fingerprint density at radius 3 is 2.00 bits per heavy atom. The lowest BCUT2D eigenvalue weighted by molar-refractivity contribution is -0.359. The zero-order valence-electron chi connectivity index (χ0n) is 15.8. The number of rotatable bonds is 7. The van der Waals surface area contributed by atoms with Crippen molar-refractivity contribution in [2.75, 3.05) is 5.32 Å². The molecule has 0 spiro atoms. The molecular formula is C22H16F7NO. The van der Waals surface area contributed by atoms with Gasteiger partial charge in [-0.1, -0.05) is 42.5 Å². The summed E-state index contributed by atoms with van der Waals surface area (Å²) >= 11 is 0. The molecule has 0 aromatic heterocycles. The summed E-state index contributed by atoms with van der Waals surface area (Å²) in [4.78, 5) is 0. The molecule has 0 aliphatic carbocycles. The molecule has 3 aromatic rings. The topological polar surface area (TPSA) is 21.3 Å². The van der Waals surface area contributed by atoms with E-state index in [0.29, 0.717) is 29.3 Å². The van der Waals surface area contributed by atoms with Crippen LogP contribution in [0.4, 0.5) is 36.4 Å². The van der Waals surface area contributed by atoms with Crippen molar-refractivity contribution in [2.45, 2.75) is 24.6 Å². The molecule has 0 atom stereocenters. The fourth-order valence-electron chi connectivity index (χ4n) is 2.73. The molecule has 0 amide bonds. The van der Waals surface area contributed by atoms with Gasteiger partial charge in [-0.15, -0.1) is 0 Å². The van der Waals surface area contributed by atoms with Gasteiger partial charge >= 0.3 is 18.0 Å². The molecule has 1 N–H and O–H groups in total. The van der Waals surface area contributed by atoms with E-state index in [1.54, 1.807) is 48.5 Å². The largest absolute Gasteiger partial charge is 0.460 e. The van der Waals surface area contributed by atoms with Crippen molar-refractivity contribution >= 4 is 5.69 Å². The molecular weight excluding hydrogens is 427 g/mol. The van der Waals surface area contributed by atoms with E-state index in [-0.39, 0.29) is 12.1 Å². The first-order chi connectivity index (χ1) is 14.5. The van der Waals surface area contributed by atoms with Gasteiger partial charge in [0.2, 0.25) is 0 Å². The van der Waals surface area contributed by atoms with Crippen LogP contribution in [-0.2, 0) is 12.5 Å². The summed E-state index contributed by atoms with van der Waals surface area (Å²) in [5.74, 6) is -10.5. The highest BCUT2D eigenvalue weighted by molar-refractivity contribution is 5.49. The second-order valence-corrected chi connectivity index (χ2v) is 6.64. The molecule has 0 saturated carbocycles. The average molecular weight is 443 g/mol. The van der Waals surface area contributed by atoms with Gasteiger partial charge in [-0.05, 0) is 35.9 Å². The van der Waals surface area contributed by atoms with E-state index in [9.17, 15) is 30.7 Å². The van der Waals surface area contributed by atoms with Crippen LogP contribution in [-0.4, -0.2) is 12.1 Å². The van der Waals surface area contributed by atoms with Gasteiger partial charge in [0.15, 0.2) is 0 Å². The van der Waals surface area contributed by atoms with Crippen LogP contribution < -0.4 is 10.1 Å². The van der Waals surface area contributed by atoms with Gasteiger partial charge in [0.05, 0.1) is 0 Å². The summed E-state index contributed by atoms with van der Waals surface area (Å²) in [6, 6.07) is 19.1. The predicted molar refractivity (Wildman–Crippen MR) is 102 cm³/mol. The van der Waals surface area contributed by atoms with Gasteiger partial charge in [-0.3, -0.25) is 0 Å². The molecule has 9 heteroatoms. The minimum Gasteiger partial charge on any atom is -0.457 e. The molecule has 0 saturated heterocycles. The lowest BCUT2D eigenvalue weighted by Gasteiger charge is -2.28. The van der Waals surface area contributed by atoms with Crippen molar-refractivity contribution < 1.29 is 35.5 Å². The Hall–Kier alpha value is -3.23. The van der Waals surface area contributed by atoms with Gasteiger partial charge in [0.25, 0.3) is 0 Å².